The summed E-state index contributed by atoms with van der Waals surface area (Å²) in [7, 11) is 0. The number of hydrogen-bond donors (Lipinski definition) is 4. The van der Waals surface area contributed by atoms with E-state index in [-0.39, 0.29) is 46.2 Å². The number of aliphatic hydroxyl groups is 4. The quantitative estimate of drug-likeness (QED) is 0.0394. The SMILES string of the molecule is CCCCCCCCCCOCCOCCOCCOCCOCCOCCOCCOCCOC(COC(COC(CO)O/C=C/CO)O/C=C/CO)O/C=C/CO. The lowest BCUT2D eigenvalue weighted by Gasteiger charge is -2.23. The Morgan fingerprint density at radius 3 is 1.02 bits per heavy atom. The van der Waals surface area contributed by atoms with Crippen molar-refractivity contribution in [3.8, 4) is 0 Å². The summed E-state index contributed by atoms with van der Waals surface area (Å²) in [4.78, 5) is 0. The van der Waals surface area contributed by atoms with Crippen LogP contribution in [0.5, 0.6) is 0 Å². The maximum absolute atomic E-state index is 9.44. The Morgan fingerprint density at radius 1 is 0.339 bits per heavy atom. The van der Waals surface area contributed by atoms with E-state index in [0.717, 1.165) is 13.0 Å². The van der Waals surface area contributed by atoms with Crippen LogP contribution in [-0.2, 0) is 66.3 Å². The molecule has 59 heavy (non-hydrogen) atoms. The largest absolute Gasteiger partial charge is 0.470 e. The van der Waals surface area contributed by atoms with Gasteiger partial charge in [-0.3, -0.25) is 0 Å². The van der Waals surface area contributed by atoms with Gasteiger partial charge in [-0.25, -0.2) is 0 Å². The first kappa shape index (κ1) is 57.0. The van der Waals surface area contributed by atoms with Crippen LogP contribution >= 0.6 is 0 Å². The fourth-order valence-corrected chi connectivity index (χ4v) is 4.54. The molecule has 18 nitrogen and oxygen atoms in total. The molecule has 0 aliphatic heterocycles. The van der Waals surface area contributed by atoms with Crippen LogP contribution in [0.3, 0.4) is 0 Å². The first-order chi connectivity index (χ1) is 29.2. The maximum atomic E-state index is 9.44. The van der Waals surface area contributed by atoms with E-state index in [9.17, 15) is 5.11 Å². The van der Waals surface area contributed by atoms with Gasteiger partial charge in [0.2, 0.25) is 18.9 Å². The predicted octanol–water partition coefficient (Wildman–Crippen LogP) is 2.85. The molecule has 0 aliphatic carbocycles. The smallest absolute Gasteiger partial charge is 0.222 e. The first-order valence-corrected chi connectivity index (χ1v) is 21.0. The molecule has 0 radical (unpaired) electrons. The van der Waals surface area contributed by atoms with Crippen molar-refractivity contribution >= 4 is 0 Å². The summed E-state index contributed by atoms with van der Waals surface area (Å²) in [5.74, 6) is 0. The zero-order chi connectivity index (χ0) is 42.8. The van der Waals surface area contributed by atoms with Crippen molar-refractivity contribution in [2.24, 2.45) is 0 Å². The van der Waals surface area contributed by atoms with Crippen molar-refractivity contribution in [1.29, 1.82) is 0 Å². The van der Waals surface area contributed by atoms with E-state index < -0.39 is 25.5 Å². The van der Waals surface area contributed by atoms with Crippen molar-refractivity contribution in [1.82, 2.24) is 0 Å². The number of ether oxygens (including phenoxy) is 14. The Morgan fingerprint density at radius 2 is 0.644 bits per heavy atom. The van der Waals surface area contributed by atoms with Crippen molar-refractivity contribution in [2.75, 3.05) is 152 Å². The third kappa shape index (κ3) is 45.4. The van der Waals surface area contributed by atoms with Crippen LogP contribution in [0.1, 0.15) is 58.3 Å². The fraction of sp³-hybridized carbons (Fsp3) is 0.854. The van der Waals surface area contributed by atoms with Crippen LogP contribution in [0.25, 0.3) is 0 Å². The summed E-state index contributed by atoms with van der Waals surface area (Å²) in [5, 5.41) is 36.3. The molecule has 0 saturated carbocycles. The summed E-state index contributed by atoms with van der Waals surface area (Å²) in [5.41, 5.74) is 0. The highest BCUT2D eigenvalue weighted by molar-refractivity contribution is 4.74. The van der Waals surface area contributed by atoms with Gasteiger partial charge in [-0.2, -0.15) is 0 Å². The lowest BCUT2D eigenvalue weighted by atomic mass is 10.1. The first-order valence-electron chi connectivity index (χ1n) is 21.0. The molecule has 0 aromatic heterocycles. The summed E-state index contributed by atoms with van der Waals surface area (Å²) in [6, 6.07) is 0. The molecule has 350 valence electrons. The van der Waals surface area contributed by atoms with Gasteiger partial charge in [-0.05, 0) is 24.6 Å². The topological polar surface area (TPSA) is 210 Å². The molecule has 0 spiro atoms. The normalized spacial score (nSPS) is 13.6. The molecule has 0 saturated heterocycles. The van der Waals surface area contributed by atoms with Gasteiger partial charge in [0.05, 0.1) is 144 Å². The predicted molar refractivity (Wildman–Crippen MR) is 217 cm³/mol. The van der Waals surface area contributed by atoms with E-state index in [1.807, 2.05) is 0 Å². The van der Waals surface area contributed by atoms with E-state index in [4.69, 9.17) is 81.6 Å². The maximum Gasteiger partial charge on any atom is 0.222 e. The van der Waals surface area contributed by atoms with E-state index >= 15 is 0 Å². The Kier molecular flexibility index (Phi) is 48.7. The summed E-state index contributed by atoms with van der Waals surface area (Å²) in [6.07, 6.45) is 15.3. The summed E-state index contributed by atoms with van der Waals surface area (Å²) < 4.78 is 77.2. The van der Waals surface area contributed by atoms with Crippen LogP contribution < -0.4 is 0 Å². The van der Waals surface area contributed by atoms with E-state index in [0.29, 0.717) is 92.5 Å². The van der Waals surface area contributed by atoms with Crippen molar-refractivity contribution < 1.29 is 86.7 Å². The lowest BCUT2D eigenvalue weighted by Crippen LogP contribution is -2.32. The minimum absolute atomic E-state index is 0.115. The standard InChI is InChI=1S/C41H78O18/c1-2-3-4-5-6-7-8-9-16-46-20-21-47-22-23-48-24-25-49-26-27-50-28-29-51-30-31-52-32-33-53-34-35-57-40(55-18-11-14-43)37-59-41(56-19-12-15-44)38-58-39(36-45)54-17-10-13-42/h10-12,17-19,39-45H,2-9,13-16,20-38H2,1H3/b17-10+,18-11+,19-12+. The Balaban J connectivity index is 3.72. The number of rotatable bonds is 50. The van der Waals surface area contributed by atoms with Gasteiger partial charge in [-0.15, -0.1) is 0 Å². The van der Waals surface area contributed by atoms with Gasteiger partial charge in [0.1, 0.15) is 19.8 Å². The van der Waals surface area contributed by atoms with E-state index in [2.05, 4.69) is 6.92 Å². The van der Waals surface area contributed by atoms with Gasteiger partial charge >= 0.3 is 0 Å². The van der Waals surface area contributed by atoms with Crippen LogP contribution in [0.15, 0.2) is 37.0 Å². The number of aliphatic hydroxyl groups excluding tert-OH is 4. The fourth-order valence-electron chi connectivity index (χ4n) is 4.54. The molecule has 0 heterocycles. The molecule has 3 atom stereocenters. The monoisotopic (exact) mass is 859 g/mol. The highest BCUT2D eigenvalue weighted by Crippen LogP contribution is 2.09. The molecule has 0 aliphatic rings. The average Bonchev–Trinajstić information content (AvgIpc) is 3.25. The van der Waals surface area contributed by atoms with Gasteiger partial charge in [0.25, 0.3) is 0 Å². The van der Waals surface area contributed by atoms with Crippen LogP contribution in [-0.4, -0.2) is 191 Å². The van der Waals surface area contributed by atoms with Crippen LogP contribution in [0.4, 0.5) is 0 Å². The Labute approximate surface area is 352 Å². The molecule has 0 aromatic rings. The highest BCUT2D eigenvalue weighted by atomic mass is 16.7. The van der Waals surface area contributed by atoms with Gasteiger partial charge in [0.15, 0.2) is 0 Å². The van der Waals surface area contributed by atoms with E-state index in [1.165, 1.54) is 82.0 Å². The second-order valence-electron chi connectivity index (χ2n) is 12.5. The third-order valence-corrected chi connectivity index (χ3v) is 7.56. The highest BCUT2D eigenvalue weighted by Gasteiger charge is 2.18. The molecule has 0 bridgehead atoms. The third-order valence-electron chi connectivity index (χ3n) is 7.56. The molecule has 0 aromatic carbocycles. The number of unbranched alkanes of at least 4 members (excludes halogenated alkanes) is 7. The zero-order valence-electron chi connectivity index (χ0n) is 35.6. The van der Waals surface area contributed by atoms with Gasteiger partial charge in [0, 0.05) is 6.61 Å². The van der Waals surface area contributed by atoms with Crippen LogP contribution in [0, 0.1) is 0 Å². The van der Waals surface area contributed by atoms with Crippen molar-refractivity contribution in [3.05, 3.63) is 37.0 Å². The molecule has 18 heteroatoms. The molecular formula is C41H78O18. The minimum atomic E-state index is -1.03. The van der Waals surface area contributed by atoms with Crippen molar-refractivity contribution in [3.63, 3.8) is 0 Å². The van der Waals surface area contributed by atoms with Crippen molar-refractivity contribution in [2.45, 2.75) is 77.2 Å². The second kappa shape index (κ2) is 50.4. The molecule has 3 unspecified atom stereocenters. The molecule has 0 fully saturated rings. The second-order valence-corrected chi connectivity index (χ2v) is 12.5. The zero-order valence-corrected chi connectivity index (χ0v) is 35.6. The van der Waals surface area contributed by atoms with Gasteiger partial charge < -0.3 is 86.7 Å². The summed E-state index contributed by atoms with van der Waals surface area (Å²) >= 11 is 0. The van der Waals surface area contributed by atoms with Crippen LogP contribution in [0.2, 0.25) is 0 Å². The lowest BCUT2D eigenvalue weighted by molar-refractivity contribution is -0.227. The molecular weight excluding hydrogens is 780 g/mol. The Hall–Kier alpha value is -1.98. The van der Waals surface area contributed by atoms with E-state index in [1.54, 1.807) is 0 Å². The molecule has 4 N–H and O–H groups in total. The summed E-state index contributed by atoms with van der Waals surface area (Å²) in [6.45, 7) is 8.73. The minimum Gasteiger partial charge on any atom is -0.470 e. The molecule has 0 amide bonds. The average molecular weight is 859 g/mol. The number of hydrogen-bond acceptors (Lipinski definition) is 18. The van der Waals surface area contributed by atoms with Gasteiger partial charge in [-0.1, -0.05) is 51.9 Å². The molecule has 0 rings (SSSR count). The Bertz CT molecular complexity index is 883.